The minimum Gasteiger partial charge on any atom is -0.369 e. The molecule has 26 heavy (non-hydrogen) atoms. The van der Waals surface area contributed by atoms with Gasteiger partial charge < -0.3 is 4.90 Å². The Balaban J connectivity index is 1.37. The van der Waals surface area contributed by atoms with Gasteiger partial charge in [-0.05, 0) is 31.5 Å². The van der Waals surface area contributed by atoms with Crippen molar-refractivity contribution in [2.75, 3.05) is 31.1 Å². The molecule has 0 N–H and O–H groups in total. The number of nitrogens with zero attached hydrogens (tertiary/aromatic N) is 3. The van der Waals surface area contributed by atoms with Crippen LogP contribution in [-0.4, -0.2) is 36.1 Å². The number of thiazole rings is 1. The fourth-order valence-electron chi connectivity index (χ4n) is 3.58. The number of para-hydroxylation sites is 1. The highest BCUT2D eigenvalue weighted by molar-refractivity contribution is 7.13. The predicted molar refractivity (Wildman–Crippen MR) is 111 cm³/mol. The normalized spacial score (nSPS) is 15.4. The topological polar surface area (TPSA) is 19.4 Å². The van der Waals surface area contributed by atoms with Gasteiger partial charge in [-0.3, -0.25) is 4.90 Å². The van der Waals surface area contributed by atoms with E-state index in [1.54, 1.807) is 11.3 Å². The SMILES string of the molecule is Cc1cccc(-c2nc(CN3CCN(c4ccccc4C)CC3)cs2)c1. The van der Waals surface area contributed by atoms with Gasteiger partial charge in [-0.2, -0.15) is 0 Å². The van der Waals surface area contributed by atoms with Crippen LogP contribution in [0.1, 0.15) is 16.8 Å². The molecule has 2 heterocycles. The molecule has 0 unspecified atom stereocenters. The first-order chi connectivity index (χ1) is 12.7. The highest BCUT2D eigenvalue weighted by Crippen LogP contribution is 2.26. The summed E-state index contributed by atoms with van der Waals surface area (Å²) in [6.45, 7) is 9.62. The zero-order valence-corrected chi connectivity index (χ0v) is 16.3. The Kier molecular flexibility index (Phi) is 5.05. The van der Waals surface area contributed by atoms with Gasteiger partial charge >= 0.3 is 0 Å². The first-order valence-electron chi connectivity index (χ1n) is 9.23. The molecule has 4 heteroatoms. The largest absolute Gasteiger partial charge is 0.369 e. The molecule has 0 amide bonds. The highest BCUT2D eigenvalue weighted by atomic mass is 32.1. The van der Waals surface area contributed by atoms with Crippen LogP contribution in [0.15, 0.2) is 53.9 Å². The first-order valence-corrected chi connectivity index (χ1v) is 10.1. The van der Waals surface area contributed by atoms with Crippen LogP contribution in [0.2, 0.25) is 0 Å². The average Bonchev–Trinajstić information content (AvgIpc) is 3.12. The number of benzene rings is 2. The van der Waals surface area contributed by atoms with Gasteiger partial charge in [-0.15, -0.1) is 11.3 Å². The maximum absolute atomic E-state index is 4.87. The van der Waals surface area contributed by atoms with Gasteiger partial charge in [0, 0.05) is 49.4 Å². The molecule has 3 nitrogen and oxygen atoms in total. The van der Waals surface area contributed by atoms with Crippen molar-refractivity contribution in [3.05, 3.63) is 70.7 Å². The molecule has 0 saturated carbocycles. The summed E-state index contributed by atoms with van der Waals surface area (Å²) in [6, 6.07) is 17.3. The molecular formula is C22H25N3S. The van der Waals surface area contributed by atoms with Gasteiger partial charge in [-0.25, -0.2) is 4.98 Å². The Hall–Kier alpha value is -2.17. The van der Waals surface area contributed by atoms with E-state index in [-0.39, 0.29) is 0 Å². The Labute approximate surface area is 159 Å². The van der Waals surface area contributed by atoms with Crippen molar-refractivity contribution < 1.29 is 0 Å². The van der Waals surface area contributed by atoms with Gasteiger partial charge in [-0.1, -0.05) is 42.0 Å². The third kappa shape index (κ3) is 3.81. The molecular weight excluding hydrogens is 338 g/mol. The number of anilines is 1. The molecule has 2 aromatic carbocycles. The van der Waals surface area contributed by atoms with E-state index in [1.165, 1.54) is 28.1 Å². The van der Waals surface area contributed by atoms with Crippen molar-refractivity contribution in [1.29, 1.82) is 0 Å². The summed E-state index contributed by atoms with van der Waals surface area (Å²) in [6.07, 6.45) is 0. The fraction of sp³-hybridized carbons (Fsp3) is 0.318. The van der Waals surface area contributed by atoms with Crippen LogP contribution < -0.4 is 4.90 Å². The van der Waals surface area contributed by atoms with Gasteiger partial charge in [0.15, 0.2) is 0 Å². The van der Waals surface area contributed by atoms with Gasteiger partial charge in [0.1, 0.15) is 5.01 Å². The van der Waals surface area contributed by atoms with Gasteiger partial charge in [0.2, 0.25) is 0 Å². The zero-order valence-electron chi connectivity index (χ0n) is 15.5. The summed E-state index contributed by atoms with van der Waals surface area (Å²) < 4.78 is 0. The molecule has 1 aliphatic rings. The highest BCUT2D eigenvalue weighted by Gasteiger charge is 2.19. The lowest BCUT2D eigenvalue weighted by Crippen LogP contribution is -2.46. The Morgan fingerprint density at radius 2 is 1.77 bits per heavy atom. The summed E-state index contributed by atoms with van der Waals surface area (Å²) in [5.74, 6) is 0. The fourth-order valence-corrected chi connectivity index (χ4v) is 4.39. The third-order valence-corrected chi connectivity index (χ3v) is 5.97. The van der Waals surface area contributed by atoms with Crippen molar-refractivity contribution in [3.8, 4) is 10.6 Å². The molecule has 0 spiro atoms. The number of piperazine rings is 1. The second kappa shape index (κ2) is 7.60. The summed E-state index contributed by atoms with van der Waals surface area (Å²) >= 11 is 1.75. The standard InChI is InChI=1S/C22H25N3S/c1-17-6-5-8-19(14-17)22-23-20(16-26-22)15-24-10-12-25(13-11-24)21-9-4-3-7-18(21)2/h3-9,14,16H,10-13,15H2,1-2H3. The minimum absolute atomic E-state index is 0.948. The van der Waals surface area contributed by atoms with E-state index in [4.69, 9.17) is 4.98 Å². The van der Waals surface area contributed by atoms with E-state index in [1.807, 2.05) is 0 Å². The summed E-state index contributed by atoms with van der Waals surface area (Å²) in [5.41, 5.74) is 6.44. The van der Waals surface area contributed by atoms with Crippen molar-refractivity contribution >= 4 is 17.0 Å². The summed E-state index contributed by atoms with van der Waals surface area (Å²) in [7, 11) is 0. The number of hydrogen-bond donors (Lipinski definition) is 0. The van der Waals surface area contributed by atoms with Crippen LogP contribution in [0.5, 0.6) is 0 Å². The van der Waals surface area contributed by atoms with Crippen LogP contribution in [0.25, 0.3) is 10.6 Å². The lowest BCUT2D eigenvalue weighted by Gasteiger charge is -2.36. The van der Waals surface area contributed by atoms with Crippen molar-refractivity contribution in [2.24, 2.45) is 0 Å². The molecule has 4 rings (SSSR count). The van der Waals surface area contributed by atoms with E-state index >= 15 is 0 Å². The molecule has 1 aliphatic heterocycles. The molecule has 0 radical (unpaired) electrons. The van der Waals surface area contributed by atoms with Crippen molar-refractivity contribution in [1.82, 2.24) is 9.88 Å². The molecule has 1 saturated heterocycles. The molecule has 1 fully saturated rings. The van der Waals surface area contributed by atoms with Crippen LogP contribution in [-0.2, 0) is 6.54 Å². The van der Waals surface area contributed by atoms with E-state index < -0.39 is 0 Å². The number of aryl methyl sites for hydroxylation is 2. The molecule has 0 bridgehead atoms. The summed E-state index contributed by atoms with van der Waals surface area (Å²) in [4.78, 5) is 9.89. The lowest BCUT2D eigenvalue weighted by atomic mass is 10.1. The van der Waals surface area contributed by atoms with Crippen molar-refractivity contribution in [2.45, 2.75) is 20.4 Å². The number of rotatable bonds is 4. The Morgan fingerprint density at radius 1 is 0.962 bits per heavy atom. The van der Waals surface area contributed by atoms with Crippen LogP contribution >= 0.6 is 11.3 Å². The zero-order chi connectivity index (χ0) is 17.9. The molecule has 3 aromatic rings. The molecule has 1 aromatic heterocycles. The molecule has 0 aliphatic carbocycles. The summed E-state index contributed by atoms with van der Waals surface area (Å²) in [5, 5.41) is 3.34. The first kappa shape index (κ1) is 17.3. The van der Waals surface area contributed by atoms with Gasteiger partial charge in [0.05, 0.1) is 5.69 Å². The smallest absolute Gasteiger partial charge is 0.123 e. The minimum atomic E-state index is 0.948. The third-order valence-electron chi connectivity index (χ3n) is 5.03. The van der Waals surface area contributed by atoms with Gasteiger partial charge in [0.25, 0.3) is 0 Å². The maximum Gasteiger partial charge on any atom is 0.123 e. The van der Waals surface area contributed by atoms with Crippen LogP contribution in [0, 0.1) is 13.8 Å². The second-order valence-corrected chi connectivity index (χ2v) is 7.92. The monoisotopic (exact) mass is 363 g/mol. The molecule has 134 valence electrons. The Morgan fingerprint density at radius 3 is 2.54 bits per heavy atom. The number of hydrogen-bond acceptors (Lipinski definition) is 4. The maximum atomic E-state index is 4.87. The quantitative estimate of drug-likeness (QED) is 0.667. The van der Waals surface area contributed by atoms with Crippen molar-refractivity contribution in [3.63, 3.8) is 0 Å². The van der Waals surface area contributed by atoms with E-state index in [0.717, 1.165) is 37.7 Å². The van der Waals surface area contributed by atoms with E-state index in [0.29, 0.717) is 0 Å². The predicted octanol–water partition coefficient (Wildman–Crippen LogP) is 4.75. The lowest BCUT2D eigenvalue weighted by molar-refractivity contribution is 0.247. The van der Waals surface area contributed by atoms with E-state index in [2.05, 4.69) is 77.6 Å². The number of aromatic nitrogens is 1. The van der Waals surface area contributed by atoms with Crippen LogP contribution in [0.4, 0.5) is 5.69 Å². The average molecular weight is 364 g/mol. The second-order valence-electron chi connectivity index (χ2n) is 7.06. The van der Waals surface area contributed by atoms with Crippen LogP contribution in [0.3, 0.4) is 0 Å². The Bertz CT molecular complexity index is 878. The molecule has 0 atom stereocenters. The van der Waals surface area contributed by atoms with E-state index in [9.17, 15) is 0 Å².